The maximum Gasteiger partial charge on any atom is 0.268 e. The molecule has 0 saturated carbocycles. The van der Waals surface area contributed by atoms with Crippen molar-refractivity contribution in [3.8, 4) is 0 Å². The number of carbonyl (C=O) groups is 1. The molecular formula is C42H85N2O6P. The number of likely N-dealkylation sites (N-methyl/N-ethyl adjacent to an activating group) is 1. The summed E-state index contributed by atoms with van der Waals surface area (Å²) in [5.74, 6) is 0.591. The largest absolute Gasteiger partial charge is 0.756 e. The summed E-state index contributed by atoms with van der Waals surface area (Å²) in [6.07, 6.45) is 35.4. The summed E-state index contributed by atoms with van der Waals surface area (Å²) in [7, 11) is 1.26. The number of aliphatic hydroxyl groups is 1. The average molecular weight is 745 g/mol. The number of unbranched alkanes of at least 4 members (excludes halogenated alkanes) is 23. The molecule has 0 aromatic rings. The van der Waals surface area contributed by atoms with Gasteiger partial charge in [0.25, 0.3) is 7.82 Å². The van der Waals surface area contributed by atoms with Gasteiger partial charge in [0.15, 0.2) is 0 Å². The van der Waals surface area contributed by atoms with Crippen LogP contribution in [0.1, 0.15) is 194 Å². The van der Waals surface area contributed by atoms with E-state index in [9.17, 15) is 19.4 Å². The number of phosphoric ester groups is 1. The van der Waals surface area contributed by atoms with E-state index in [0.29, 0.717) is 17.4 Å². The van der Waals surface area contributed by atoms with E-state index < -0.39 is 20.0 Å². The molecule has 0 rings (SSSR count). The first kappa shape index (κ1) is 50.2. The lowest BCUT2D eigenvalue weighted by Crippen LogP contribution is -2.45. The number of amides is 1. The minimum Gasteiger partial charge on any atom is -0.756 e. The fraction of sp³-hybridized carbons (Fsp3) is 0.929. The van der Waals surface area contributed by atoms with Gasteiger partial charge in [-0.1, -0.05) is 181 Å². The van der Waals surface area contributed by atoms with Gasteiger partial charge in [0.2, 0.25) is 5.91 Å². The average Bonchev–Trinajstić information content (AvgIpc) is 3.06. The highest BCUT2D eigenvalue weighted by Crippen LogP contribution is 2.38. The fourth-order valence-electron chi connectivity index (χ4n) is 6.22. The molecule has 51 heavy (non-hydrogen) atoms. The van der Waals surface area contributed by atoms with Gasteiger partial charge in [-0.3, -0.25) is 9.36 Å². The van der Waals surface area contributed by atoms with Gasteiger partial charge in [0, 0.05) is 6.42 Å². The highest BCUT2D eigenvalue weighted by Gasteiger charge is 2.23. The number of phosphoric acid groups is 1. The minimum atomic E-state index is -4.58. The number of aliphatic hydroxyl groups excluding tert-OH is 1. The molecule has 0 aromatic carbocycles. The Bertz CT molecular complexity index is 863. The zero-order valence-corrected chi connectivity index (χ0v) is 35.4. The van der Waals surface area contributed by atoms with Crippen LogP contribution in [0.4, 0.5) is 0 Å². The van der Waals surface area contributed by atoms with Gasteiger partial charge in [0.1, 0.15) is 13.2 Å². The molecule has 0 aromatic heterocycles. The topological polar surface area (TPSA) is 108 Å². The van der Waals surface area contributed by atoms with Crippen LogP contribution in [0, 0.1) is 5.92 Å². The normalized spacial score (nSPS) is 14.7. The monoisotopic (exact) mass is 745 g/mol. The zero-order valence-electron chi connectivity index (χ0n) is 34.5. The van der Waals surface area contributed by atoms with Crippen LogP contribution in [-0.2, 0) is 18.4 Å². The van der Waals surface area contributed by atoms with E-state index in [0.717, 1.165) is 44.4 Å². The number of rotatable bonds is 38. The van der Waals surface area contributed by atoms with Crippen molar-refractivity contribution in [2.75, 3.05) is 40.9 Å². The van der Waals surface area contributed by atoms with Gasteiger partial charge in [-0.05, 0) is 25.2 Å². The Kier molecular flexibility index (Phi) is 33.3. The SMILES string of the molecule is CCCCCCCCCCCCCCCCCCCC(=O)N[C@@H](COP(=O)([O-])OCC[N+](C)(C)C)[C@H](O)/C=C/CCCCCCCCCC(C)C. The number of carbonyl (C=O) groups excluding carboxylic acids is 1. The molecule has 2 N–H and O–H groups in total. The second-order valence-electron chi connectivity index (χ2n) is 16.5. The quantitative estimate of drug-likeness (QED) is 0.0282. The van der Waals surface area contributed by atoms with Gasteiger partial charge >= 0.3 is 0 Å². The molecule has 304 valence electrons. The Balaban J connectivity index is 4.40. The molecule has 0 heterocycles. The lowest BCUT2D eigenvalue weighted by molar-refractivity contribution is -0.870. The second-order valence-corrected chi connectivity index (χ2v) is 17.9. The number of hydrogen-bond acceptors (Lipinski definition) is 6. The molecule has 1 unspecified atom stereocenters. The van der Waals surface area contributed by atoms with Crippen LogP contribution >= 0.6 is 7.82 Å². The molecule has 3 atom stereocenters. The van der Waals surface area contributed by atoms with E-state index >= 15 is 0 Å². The van der Waals surface area contributed by atoms with Crippen LogP contribution in [-0.4, -0.2) is 68.5 Å². The summed E-state index contributed by atoms with van der Waals surface area (Å²) in [5.41, 5.74) is 0. The summed E-state index contributed by atoms with van der Waals surface area (Å²) in [4.78, 5) is 25.2. The van der Waals surface area contributed by atoms with E-state index in [4.69, 9.17) is 9.05 Å². The highest BCUT2D eigenvalue weighted by atomic mass is 31.2. The van der Waals surface area contributed by atoms with Gasteiger partial charge in [-0.15, -0.1) is 0 Å². The van der Waals surface area contributed by atoms with Crippen molar-refractivity contribution >= 4 is 13.7 Å². The molecular weight excluding hydrogens is 659 g/mol. The first-order valence-electron chi connectivity index (χ1n) is 21.4. The van der Waals surface area contributed by atoms with Crippen molar-refractivity contribution < 1.29 is 32.9 Å². The third kappa shape index (κ3) is 37.4. The van der Waals surface area contributed by atoms with E-state index in [-0.39, 0.29) is 19.1 Å². The van der Waals surface area contributed by atoms with Crippen molar-refractivity contribution in [1.82, 2.24) is 5.32 Å². The Morgan fingerprint density at radius 3 is 1.65 bits per heavy atom. The number of allylic oxidation sites excluding steroid dienone is 1. The van der Waals surface area contributed by atoms with E-state index in [1.807, 2.05) is 27.2 Å². The van der Waals surface area contributed by atoms with Crippen molar-refractivity contribution in [1.29, 1.82) is 0 Å². The van der Waals surface area contributed by atoms with Crippen LogP contribution in [0.5, 0.6) is 0 Å². The standard InChI is InChI=1S/C42H85N2O6P/c1-7-8-9-10-11-12-13-14-15-16-17-18-19-23-26-29-32-35-42(46)43-40(38-50-51(47,48)49-37-36-44(4,5)6)41(45)34-31-28-25-22-20-21-24-27-30-33-39(2)3/h31,34,39-41,45H,7-30,32-33,35-38H2,1-6H3,(H-,43,46,47,48)/b34-31+/t40-,41+/m0/s1. The minimum absolute atomic E-state index is 0.00101. The van der Waals surface area contributed by atoms with Gasteiger partial charge in [-0.25, -0.2) is 0 Å². The fourth-order valence-corrected chi connectivity index (χ4v) is 6.94. The molecule has 0 bridgehead atoms. The molecule has 1 amide bonds. The predicted octanol–water partition coefficient (Wildman–Crippen LogP) is 10.8. The number of quaternary nitrogens is 1. The third-order valence-electron chi connectivity index (χ3n) is 9.68. The number of hydrogen-bond donors (Lipinski definition) is 2. The van der Waals surface area contributed by atoms with Crippen molar-refractivity contribution in [3.05, 3.63) is 12.2 Å². The molecule has 9 heteroatoms. The predicted molar refractivity (Wildman–Crippen MR) is 215 cm³/mol. The summed E-state index contributed by atoms with van der Waals surface area (Å²) < 4.78 is 23.1. The summed E-state index contributed by atoms with van der Waals surface area (Å²) in [6, 6.07) is -0.880. The Labute approximate surface area is 316 Å². The zero-order chi connectivity index (χ0) is 38.1. The van der Waals surface area contributed by atoms with Crippen LogP contribution in [0.25, 0.3) is 0 Å². The maximum absolute atomic E-state index is 12.8. The molecule has 0 radical (unpaired) electrons. The van der Waals surface area contributed by atoms with E-state index in [1.165, 1.54) is 128 Å². The maximum atomic E-state index is 12.8. The third-order valence-corrected chi connectivity index (χ3v) is 10.6. The Morgan fingerprint density at radius 2 is 1.18 bits per heavy atom. The molecule has 8 nitrogen and oxygen atoms in total. The van der Waals surface area contributed by atoms with Crippen LogP contribution in [0.3, 0.4) is 0 Å². The van der Waals surface area contributed by atoms with Gasteiger partial charge in [-0.2, -0.15) is 0 Å². The van der Waals surface area contributed by atoms with Crippen molar-refractivity contribution in [3.63, 3.8) is 0 Å². The lowest BCUT2D eigenvalue weighted by Gasteiger charge is -2.29. The van der Waals surface area contributed by atoms with Crippen molar-refractivity contribution in [2.24, 2.45) is 5.92 Å². The number of nitrogens with zero attached hydrogens (tertiary/aromatic N) is 1. The summed E-state index contributed by atoms with van der Waals surface area (Å²) >= 11 is 0. The lowest BCUT2D eigenvalue weighted by atomic mass is 10.0. The Morgan fingerprint density at radius 1 is 0.725 bits per heavy atom. The van der Waals surface area contributed by atoms with Crippen LogP contribution < -0.4 is 10.2 Å². The molecule has 0 aliphatic carbocycles. The summed E-state index contributed by atoms with van der Waals surface area (Å²) in [6.45, 7) is 6.95. The molecule has 0 aliphatic rings. The van der Waals surface area contributed by atoms with Gasteiger partial charge < -0.3 is 28.8 Å². The van der Waals surface area contributed by atoms with Gasteiger partial charge in [0.05, 0.1) is 39.9 Å². The van der Waals surface area contributed by atoms with E-state index in [1.54, 1.807) is 6.08 Å². The van der Waals surface area contributed by atoms with Crippen LogP contribution in [0.2, 0.25) is 0 Å². The highest BCUT2D eigenvalue weighted by molar-refractivity contribution is 7.45. The number of nitrogens with one attached hydrogen (secondary N) is 1. The molecule has 0 fully saturated rings. The van der Waals surface area contributed by atoms with Crippen molar-refractivity contribution in [2.45, 2.75) is 206 Å². The second kappa shape index (κ2) is 33.8. The molecule has 0 aliphatic heterocycles. The molecule has 0 spiro atoms. The first-order valence-corrected chi connectivity index (χ1v) is 22.9. The molecule has 0 saturated heterocycles. The van der Waals surface area contributed by atoms with Crippen LogP contribution in [0.15, 0.2) is 12.2 Å². The summed E-state index contributed by atoms with van der Waals surface area (Å²) in [5, 5.41) is 13.7. The Hall–Kier alpha value is -0.760. The smallest absolute Gasteiger partial charge is 0.268 e. The van der Waals surface area contributed by atoms with E-state index in [2.05, 4.69) is 26.1 Å². The first-order chi connectivity index (χ1) is 24.4.